The van der Waals surface area contributed by atoms with E-state index in [4.69, 9.17) is 9.47 Å². The average molecular weight is 497 g/mol. The van der Waals surface area contributed by atoms with Gasteiger partial charge in [-0.3, -0.25) is 0 Å². The van der Waals surface area contributed by atoms with Crippen molar-refractivity contribution in [1.82, 2.24) is 4.98 Å². The van der Waals surface area contributed by atoms with Crippen LogP contribution in [0, 0.1) is 0 Å². The molecule has 4 N–H and O–H groups in total. The maximum Gasteiger partial charge on any atom is 0.512 e. The molecular weight excluding hydrogens is 472 g/mol. The minimum Gasteiger partial charge on any atom is -0.493 e. The number of fused-ring (bicyclic) bond motifs is 2. The Labute approximate surface area is 212 Å². The van der Waals surface area contributed by atoms with Gasteiger partial charge >= 0.3 is 12.1 Å². The Morgan fingerprint density at radius 2 is 1.51 bits per heavy atom. The fraction of sp³-hybridized carbons (Fsp3) is 0.103. The molecule has 0 bridgehead atoms. The van der Waals surface area contributed by atoms with Gasteiger partial charge in [0.1, 0.15) is 5.75 Å². The maximum atomic E-state index is 11.6. The molecule has 186 valence electrons. The monoisotopic (exact) mass is 496 g/mol. The van der Waals surface area contributed by atoms with Crippen LogP contribution in [0.15, 0.2) is 84.9 Å². The quantitative estimate of drug-likeness (QED) is 0.130. The molecule has 1 aromatic heterocycles. The number of hydrogen-bond donors (Lipinski definition) is 4. The number of rotatable bonds is 9. The van der Waals surface area contributed by atoms with E-state index >= 15 is 0 Å². The van der Waals surface area contributed by atoms with Crippen molar-refractivity contribution < 1.29 is 29.3 Å². The van der Waals surface area contributed by atoms with Crippen LogP contribution in [0.2, 0.25) is 0 Å². The summed E-state index contributed by atoms with van der Waals surface area (Å²) in [5, 5.41) is 24.9. The van der Waals surface area contributed by atoms with Gasteiger partial charge in [0, 0.05) is 16.3 Å². The molecule has 0 aliphatic rings. The van der Waals surface area contributed by atoms with Crippen LogP contribution in [0.4, 0.5) is 16.2 Å². The Kier molecular flexibility index (Phi) is 6.63. The molecule has 5 aromatic rings. The molecule has 4 aromatic carbocycles. The Hall–Kier alpha value is -4.98. The molecule has 0 atom stereocenters. The lowest BCUT2D eigenvalue weighted by atomic mass is 10.1. The van der Waals surface area contributed by atoms with Crippen molar-refractivity contribution in [2.45, 2.75) is 12.8 Å². The molecule has 0 amide bonds. The number of H-pyrrole nitrogens is 1. The second kappa shape index (κ2) is 10.3. The largest absolute Gasteiger partial charge is 0.512 e. The molecule has 8 nitrogen and oxygen atoms in total. The molecule has 0 saturated carbocycles. The summed E-state index contributed by atoms with van der Waals surface area (Å²) in [7, 11) is 0. The zero-order valence-corrected chi connectivity index (χ0v) is 19.7. The predicted molar refractivity (Wildman–Crippen MR) is 141 cm³/mol. The molecule has 0 aliphatic heterocycles. The normalized spacial score (nSPS) is 10.9. The van der Waals surface area contributed by atoms with Crippen molar-refractivity contribution in [3.05, 3.63) is 96.1 Å². The van der Waals surface area contributed by atoms with Gasteiger partial charge in [0.2, 0.25) is 5.88 Å². The molecule has 0 saturated heterocycles. The number of aromatic amines is 1. The molecule has 0 unspecified atom stereocenters. The van der Waals surface area contributed by atoms with Gasteiger partial charge in [-0.25, -0.2) is 9.59 Å². The van der Waals surface area contributed by atoms with Crippen molar-refractivity contribution in [3.8, 4) is 11.6 Å². The van der Waals surface area contributed by atoms with Crippen molar-refractivity contribution in [3.63, 3.8) is 0 Å². The number of aryl methyl sites for hydroxylation is 1. The van der Waals surface area contributed by atoms with Crippen molar-refractivity contribution in [1.29, 1.82) is 0 Å². The molecular formula is C29H24N2O6. The number of ether oxygens (including phenoxy) is 2. The number of para-hydroxylation sites is 2. The third-order valence-electron chi connectivity index (χ3n) is 6.10. The molecule has 0 spiro atoms. The van der Waals surface area contributed by atoms with Crippen LogP contribution in [0.3, 0.4) is 0 Å². The van der Waals surface area contributed by atoms with Crippen LogP contribution in [0.5, 0.6) is 11.6 Å². The smallest absolute Gasteiger partial charge is 0.493 e. The Morgan fingerprint density at radius 3 is 2.35 bits per heavy atom. The summed E-state index contributed by atoms with van der Waals surface area (Å²) < 4.78 is 11.1. The summed E-state index contributed by atoms with van der Waals surface area (Å²) in [5.74, 6) is -0.125. The molecule has 5 rings (SSSR count). The summed E-state index contributed by atoms with van der Waals surface area (Å²) in [6.45, 7) is 0.428. The van der Waals surface area contributed by atoms with Gasteiger partial charge in [-0.05, 0) is 42.5 Å². The van der Waals surface area contributed by atoms with E-state index in [0.717, 1.165) is 21.9 Å². The minimum atomic E-state index is -1.43. The van der Waals surface area contributed by atoms with Crippen molar-refractivity contribution in [2.75, 3.05) is 11.9 Å². The van der Waals surface area contributed by atoms with E-state index in [1.165, 1.54) is 6.07 Å². The molecule has 1 heterocycles. The number of benzene rings is 4. The van der Waals surface area contributed by atoms with Crippen molar-refractivity contribution >= 4 is 45.2 Å². The number of nitrogens with one attached hydrogen (secondary N) is 2. The lowest BCUT2D eigenvalue weighted by Crippen LogP contribution is -2.06. The number of aromatic carboxylic acids is 1. The van der Waals surface area contributed by atoms with Crippen LogP contribution in [-0.2, 0) is 6.42 Å². The summed E-state index contributed by atoms with van der Waals surface area (Å²) in [6.07, 6.45) is -0.306. The topological polar surface area (TPSA) is 121 Å². The first-order valence-corrected chi connectivity index (χ1v) is 11.8. The number of carbonyl (C=O) groups is 2. The van der Waals surface area contributed by atoms with Gasteiger partial charge in [0.25, 0.3) is 0 Å². The second-order valence-corrected chi connectivity index (χ2v) is 8.43. The first kappa shape index (κ1) is 23.7. The van der Waals surface area contributed by atoms with Gasteiger partial charge in [-0.1, -0.05) is 60.7 Å². The zero-order chi connectivity index (χ0) is 25.8. The third-order valence-corrected chi connectivity index (χ3v) is 6.10. The summed E-state index contributed by atoms with van der Waals surface area (Å²) in [6, 6.07) is 26.0. The number of aromatic nitrogens is 1. The van der Waals surface area contributed by atoms with Gasteiger partial charge in [0.05, 0.1) is 29.1 Å². The van der Waals surface area contributed by atoms with Crippen LogP contribution >= 0.6 is 0 Å². The number of carboxylic acid groups (broad SMARTS) is 2. The number of hydrogen-bond acceptors (Lipinski definition) is 5. The highest BCUT2D eigenvalue weighted by atomic mass is 16.7. The fourth-order valence-electron chi connectivity index (χ4n) is 4.45. The van der Waals surface area contributed by atoms with Crippen LogP contribution < -0.4 is 14.8 Å². The van der Waals surface area contributed by atoms with E-state index in [9.17, 15) is 19.8 Å². The molecule has 8 heteroatoms. The van der Waals surface area contributed by atoms with Crippen LogP contribution in [0.25, 0.3) is 21.7 Å². The SMILES string of the molecule is O=C(O)Oc1[nH]c2c(Nc3ccccc3C(=O)O)cccc2c1CCCOc1cccc2ccccc12. The fourth-order valence-corrected chi connectivity index (χ4v) is 4.45. The summed E-state index contributed by atoms with van der Waals surface area (Å²) in [5.41, 5.74) is 2.46. The summed E-state index contributed by atoms with van der Waals surface area (Å²) in [4.78, 5) is 26.1. The molecule has 0 fully saturated rings. The maximum absolute atomic E-state index is 11.6. The van der Waals surface area contributed by atoms with E-state index in [1.807, 2.05) is 54.6 Å². The Morgan fingerprint density at radius 1 is 0.811 bits per heavy atom. The highest BCUT2D eigenvalue weighted by molar-refractivity contribution is 6.00. The van der Waals surface area contributed by atoms with Gasteiger partial charge in [-0.2, -0.15) is 0 Å². The highest BCUT2D eigenvalue weighted by Gasteiger charge is 2.18. The van der Waals surface area contributed by atoms with Gasteiger partial charge in [-0.15, -0.1) is 0 Å². The first-order chi connectivity index (χ1) is 18.0. The summed E-state index contributed by atoms with van der Waals surface area (Å²) >= 11 is 0. The molecule has 37 heavy (non-hydrogen) atoms. The van der Waals surface area contributed by atoms with E-state index in [-0.39, 0.29) is 11.4 Å². The Bertz CT molecular complexity index is 1600. The minimum absolute atomic E-state index is 0.124. The second-order valence-electron chi connectivity index (χ2n) is 8.43. The van der Waals surface area contributed by atoms with Crippen molar-refractivity contribution in [2.24, 2.45) is 0 Å². The first-order valence-electron chi connectivity index (χ1n) is 11.8. The number of carboxylic acids is 1. The van der Waals surface area contributed by atoms with Gasteiger partial charge < -0.3 is 30.0 Å². The lowest BCUT2D eigenvalue weighted by molar-refractivity contribution is 0.0697. The van der Waals surface area contributed by atoms with E-state index in [1.54, 1.807) is 24.3 Å². The van der Waals surface area contributed by atoms with E-state index in [2.05, 4.69) is 10.3 Å². The van der Waals surface area contributed by atoms with Gasteiger partial charge in [0.15, 0.2) is 0 Å². The molecule has 0 radical (unpaired) electrons. The highest BCUT2D eigenvalue weighted by Crippen LogP contribution is 2.35. The number of anilines is 2. The van der Waals surface area contributed by atoms with E-state index < -0.39 is 12.1 Å². The molecule has 0 aliphatic carbocycles. The predicted octanol–water partition coefficient (Wildman–Crippen LogP) is 6.83. The van der Waals surface area contributed by atoms with Crippen LogP contribution in [-0.4, -0.2) is 33.9 Å². The van der Waals surface area contributed by atoms with E-state index in [0.29, 0.717) is 41.9 Å². The standard InChI is InChI=1S/C29H24N2O6/c32-28(33)22-11-3-4-14-23(22)30-24-15-6-12-20-21(27(31-26(20)24)37-29(34)35)13-7-17-36-25-16-5-9-18-8-1-2-10-19(18)25/h1-6,8-12,14-16,30-31H,7,13,17H2,(H,32,33)(H,34,35). The zero-order valence-electron chi connectivity index (χ0n) is 19.7. The average Bonchev–Trinajstić information content (AvgIpc) is 3.24. The Balaban J connectivity index is 1.40. The third kappa shape index (κ3) is 5.04. The lowest BCUT2D eigenvalue weighted by Gasteiger charge is -2.11. The van der Waals surface area contributed by atoms with Crippen LogP contribution in [0.1, 0.15) is 22.3 Å².